The zero-order valence-corrected chi connectivity index (χ0v) is 17.3. The number of fused-ring (bicyclic) bond motifs is 1. The Bertz CT molecular complexity index is 1130. The van der Waals surface area contributed by atoms with Gasteiger partial charge in [0.2, 0.25) is 6.41 Å². The molecule has 2 aromatic carbocycles. The summed E-state index contributed by atoms with van der Waals surface area (Å²) in [6, 6.07) is 7.69. The number of hydrogen-bond acceptors (Lipinski definition) is 5. The molecule has 7 nitrogen and oxygen atoms in total. The first-order valence-corrected chi connectivity index (χ1v) is 10.9. The Morgan fingerprint density at radius 2 is 1.81 bits per heavy atom. The average Bonchev–Trinajstić information content (AvgIpc) is 3.04. The van der Waals surface area contributed by atoms with E-state index in [0.29, 0.717) is 24.5 Å². The standard InChI is InChI=1S/C20H19F3N2O5S/c1-19(28,20(21,22)23)13-3-5-14(6-4-13)24-18(27)17-16-8-7-15(31(2,29)30)9-12(16)10-25(17)11-26/h3-9,11,17,28H,10H2,1-2H3,(H,24,27). The van der Waals surface area contributed by atoms with Gasteiger partial charge in [0.1, 0.15) is 6.04 Å². The van der Waals surface area contributed by atoms with Crippen LogP contribution in [0.3, 0.4) is 0 Å². The number of nitrogens with zero attached hydrogens (tertiary/aromatic N) is 1. The van der Waals surface area contributed by atoms with Crippen molar-refractivity contribution in [1.82, 2.24) is 4.90 Å². The van der Waals surface area contributed by atoms with Gasteiger partial charge in [-0.15, -0.1) is 0 Å². The molecule has 2 amide bonds. The molecule has 1 heterocycles. The van der Waals surface area contributed by atoms with Gasteiger partial charge in [-0.25, -0.2) is 8.42 Å². The maximum atomic E-state index is 13.0. The van der Waals surface area contributed by atoms with Gasteiger partial charge in [0.05, 0.1) is 4.90 Å². The average molecular weight is 456 g/mol. The Labute approximate surface area is 176 Å². The number of aliphatic hydroxyl groups is 1. The van der Waals surface area contributed by atoms with Gasteiger partial charge >= 0.3 is 6.18 Å². The van der Waals surface area contributed by atoms with Crippen molar-refractivity contribution in [3.63, 3.8) is 0 Å². The minimum Gasteiger partial charge on any atom is -0.376 e. The normalized spacial score (nSPS) is 18.3. The lowest BCUT2D eigenvalue weighted by molar-refractivity contribution is -0.258. The van der Waals surface area contributed by atoms with E-state index in [9.17, 15) is 36.3 Å². The van der Waals surface area contributed by atoms with Crippen LogP contribution in [-0.4, -0.2) is 43.2 Å². The van der Waals surface area contributed by atoms with Crippen LogP contribution in [0, 0.1) is 0 Å². The minimum atomic E-state index is -4.87. The number of halogens is 3. The monoisotopic (exact) mass is 456 g/mol. The Morgan fingerprint density at radius 1 is 1.19 bits per heavy atom. The van der Waals surface area contributed by atoms with E-state index in [0.717, 1.165) is 18.4 Å². The molecule has 0 saturated carbocycles. The topological polar surface area (TPSA) is 104 Å². The van der Waals surface area contributed by atoms with Crippen molar-refractivity contribution in [2.45, 2.75) is 36.2 Å². The lowest BCUT2D eigenvalue weighted by Gasteiger charge is -2.27. The third kappa shape index (κ3) is 4.28. The molecule has 0 saturated heterocycles. The fraction of sp³-hybridized carbons (Fsp3) is 0.300. The van der Waals surface area contributed by atoms with Gasteiger partial charge in [-0.1, -0.05) is 18.2 Å². The fourth-order valence-corrected chi connectivity index (χ4v) is 4.00. The van der Waals surface area contributed by atoms with Crippen LogP contribution in [0.1, 0.15) is 29.7 Å². The third-order valence-electron chi connectivity index (χ3n) is 5.17. The summed E-state index contributed by atoms with van der Waals surface area (Å²) in [6.45, 7) is 0.663. The lowest BCUT2D eigenvalue weighted by atomic mass is 9.95. The van der Waals surface area contributed by atoms with E-state index in [4.69, 9.17) is 0 Å². The molecule has 0 aliphatic carbocycles. The van der Waals surface area contributed by atoms with Crippen molar-refractivity contribution < 1.29 is 36.3 Å². The van der Waals surface area contributed by atoms with Gasteiger partial charge in [0.25, 0.3) is 5.91 Å². The van der Waals surface area contributed by atoms with Crippen molar-refractivity contribution in [1.29, 1.82) is 0 Å². The number of rotatable bonds is 5. The number of amides is 2. The first-order chi connectivity index (χ1) is 14.3. The van der Waals surface area contributed by atoms with Crippen molar-refractivity contribution in [2.75, 3.05) is 11.6 Å². The SMILES string of the molecule is CC(O)(c1ccc(NC(=O)C2c3ccc(S(C)(=O)=O)cc3CN2C=O)cc1)C(F)(F)F. The highest BCUT2D eigenvalue weighted by Gasteiger charge is 2.51. The summed E-state index contributed by atoms with van der Waals surface area (Å²) in [6.07, 6.45) is -3.36. The summed E-state index contributed by atoms with van der Waals surface area (Å²) in [5, 5.41) is 12.3. The summed E-state index contributed by atoms with van der Waals surface area (Å²) >= 11 is 0. The van der Waals surface area contributed by atoms with Gasteiger partial charge in [0.15, 0.2) is 15.4 Å². The van der Waals surface area contributed by atoms with Gasteiger partial charge < -0.3 is 15.3 Å². The highest BCUT2D eigenvalue weighted by Crippen LogP contribution is 2.39. The first kappa shape index (κ1) is 22.8. The number of nitrogens with one attached hydrogen (secondary N) is 1. The van der Waals surface area contributed by atoms with Crippen molar-refractivity contribution in [3.05, 3.63) is 59.2 Å². The predicted molar refractivity (Wildman–Crippen MR) is 105 cm³/mol. The number of benzene rings is 2. The van der Waals surface area contributed by atoms with Crippen LogP contribution in [0.5, 0.6) is 0 Å². The van der Waals surface area contributed by atoms with Crippen LogP contribution in [0.15, 0.2) is 47.4 Å². The number of anilines is 1. The van der Waals surface area contributed by atoms with E-state index in [1.165, 1.54) is 35.2 Å². The van der Waals surface area contributed by atoms with E-state index in [-0.39, 0.29) is 17.1 Å². The number of carbonyl (C=O) groups is 2. The Morgan fingerprint density at radius 3 is 2.32 bits per heavy atom. The summed E-state index contributed by atoms with van der Waals surface area (Å²) < 4.78 is 62.4. The molecule has 2 aromatic rings. The molecule has 0 bridgehead atoms. The zero-order valence-electron chi connectivity index (χ0n) is 16.5. The maximum absolute atomic E-state index is 13.0. The number of carbonyl (C=O) groups excluding carboxylic acids is 2. The summed E-state index contributed by atoms with van der Waals surface area (Å²) in [7, 11) is -3.47. The summed E-state index contributed by atoms with van der Waals surface area (Å²) in [4.78, 5) is 25.5. The second-order valence-electron chi connectivity index (χ2n) is 7.45. The van der Waals surface area contributed by atoms with Crippen molar-refractivity contribution in [2.24, 2.45) is 0 Å². The van der Waals surface area contributed by atoms with E-state index >= 15 is 0 Å². The molecule has 1 aliphatic rings. The van der Waals surface area contributed by atoms with E-state index in [2.05, 4.69) is 5.32 Å². The molecule has 0 aromatic heterocycles. The Hall–Kier alpha value is -2.92. The quantitative estimate of drug-likeness (QED) is 0.673. The molecule has 0 spiro atoms. The van der Waals surface area contributed by atoms with Crippen LogP contribution >= 0.6 is 0 Å². The minimum absolute atomic E-state index is 0.0354. The molecule has 31 heavy (non-hydrogen) atoms. The number of alkyl halides is 3. The Balaban J connectivity index is 1.85. The molecule has 0 radical (unpaired) electrons. The predicted octanol–water partition coefficient (Wildman–Crippen LogP) is 2.51. The Kier molecular flexibility index (Phi) is 5.61. The molecule has 0 fully saturated rings. The van der Waals surface area contributed by atoms with E-state index < -0.39 is 39.1 Å². The van der Waals surface area contributed by atoms with Gasteiger partial charge in [-0.3, -0.25) is 9.59 Å². The molecular formula is C20H19F3N2O5S. The zero-order chi connectivity index (χ0) is 23.2. The van der Waals surface area contributed by atoms with Crippen molar-refractivity contribution >= 4 is 27.8 Å². The molecule has 11 heteroatoms. The third-order valence-corrected chi connectivity index (χ3v) is 6.28. The van der Waals surface area contributed by atoms with Crippen LogP contribution in [0.4, 0.5) is 18.9 Å². The lowest BCUT2D eigenvalue weighted by Crippen LogP contribution is -2.39. The molecule has 2 atom stereocenters. The van der Waals surface area contributed by atoms with Crippen LogP contribution in [0.25, 0.3) is 0 Å². The maximum Gasteiger partial charge on any atom is 0.421 e. The molecule has 166 valence electrons. The summed E-state index contributed by atoms with van der Waals surface area (Å²) in [5.41, 5.74) is -2.32. The molecule has 3 rings (SSSR count). The van der Waals surface area contributed by atoms with E-state index in [1.807, 2.05) is 0 Å². The fourth-order valence-electron chi connectivity index (χ4n) is 3.33. The summed E-state index contributed by atoms with van der Waals surface area (Å²) in [5.74, 6) is -0.617. The smallest absolute Gasteiger partial charge is 0.376 e. The second-order valence-corrected chi connectivity index (χ2v) is 9.47. The van der Waals surface area contributed by atoms with Gasteiger partial charge in [0, 0.05) is 18.5 Å². The number of hydrogen-bond donors (Lipinski definition) is 2. The van der Waals surface area contributed by atoms with Crippen molar-refractivity contribution in [3.8, 4) is 0 Å². The van der Waals surface area contributed by atoms with Crippen LogP contribution in [0.2, 0.25) is 0 Å². The van der Waals surface area contributed by atoms with Crippen LogP contribution < -0.4 is 5.32 Å². The molecule has 1 aliphatic heterocycles. The first-order valence-electron chi connectivity index (χ1n) is 9.00. The number of sulfone groups is 1. The highest BCUT2D eigenvalue weighted by atomic mass is 32.2. The van der Waals surface area contributed by atoms with Gasteiger partial charge in [-0.2, -0.15) is 13.2 Å². The highest BCUT2D eigenvalue weighted by molar-refractivity contribution is 7.90. The largest absolute Gasteiger partial charge is 0.421 e. The second kappa shape index (κ2) is 7.65. The molecule has 2 N–H and O–H groups in total. The molecular weight excluding hydrogens is 437 g/mol. The van der Waals surface area contributed by atoms with Crippen LogP contribution in [-0.2, 0) is 31.6 Å². The van der Waals surface area contributed by atoms with Gasteiger partial charge in [-0.05, 0) is 47.9 Å². The molecule has 2 unspecified atom stereocenters. The van der Waals surface area contributed by atoms with E-state index in [1.54, 1.807) is 0 Å².